The van der Waals surface area contributed by atoms with Gasteiger partial charge in [-0.25, -0.2) is 18.4 Å². The Balaban J connectivity index is 1.86. The summed E-state index contributed by atoms with van der Waals surface area (Å²) in [4.78, 5) is 10.8. The van der Waals surface area contributed by atoms with E-state index in [0.29, 0.717) is 18.8 Å². The summed E-state index contributed by atoms with van der Waals surface area (Å²) in [6.07, 6.45) is 2.18. The van der Waals surface area contributed by atoms with E-state index in [-0.39, 0.29) is 23.0 Å². The van der Waals surface area contributed by atoms with E-state index in [1.807, 2.05) is 31.2 Å². The molecule has 0 radical (unpaired) electrons. The molecular weight excluding hydrogens is 360 g/mol. The van der Waals surface area contributed by atoms with E-state index < -0.39 is 9.84 Å². The Kier molecular flexibility index (Phi) is 5.42. The number of nitrogens with one attached hydrogen (secondary N) is 1. The lowest BCUT2D eigenvalue weighted by Crippen LogP contribution is -2.36. The minimum atomic E-state index is -2.94. The highest BCUT2D eigenvalue weighted by atomic mass is 32.2. The van der Waals surface area contributed by atoms with Crippen molar-refractivity contribution >= 4 is 27.2 Å². The Morgan fingerprint density at radius 2 is 1.96 bits per heavy atom. The molecule has 1 unspecified atom stereocenters. The highest BCUT2D eigenvalue weighted by Crippen LogP contribution is 2.31. The van der Waals surface area contributed by atoms with Gasteiger partial charge in [-0.2, -0.15) is 0 Å². The molecule has 0 saturated carbocycles. The average Bonchev–Trinajstić information content (AvgIpc) is 2.95. The number of rotatable bonds is 5. The molecule has 6 nitrogen and oxygen atoms in total. The molecule has 1 aliphatic rings. The first-order chi connectivity index (χ1) is 12.7. The van der Waals surface area contributed by atoms with E-state index in [1.54, 1.807) is 0 Å². The van der Waals surface area contributed by atoms with Crippen molar-refractivity contribution in [2.75, 3.05) is 28.3 Å². The van der Waals surface area contributed by atoms with Crippen LogP contribution in [0, 0.1) is 0 Å². The molecule has 1 aromatic heterocycles. The third-order valence-corrected chi connectivity index (χ3v) is 6.68. The van der Waals surface area contributed by atoms with Gasteiger partial charge in [0.15, 0.2) is 9.84 Å². The first kappa shape index (κ1) is 19.6. The van der Waals surface area contributed by atoms with Crippen LogP contribution < -0.4 is 10.2 Å². The maximum absolute atomic E-state index is 11.9. The summed E-state index contributed by atoms with van der Waals surface area (Å²) in [7, 11) is -2.94. The van der Waals surface area contributed by atoms with Crippen LogP contribution in [0.4, 0.5) is 17.3 Å². The Hall–Kier alpha value is -2.15. The monoisotopic (exact) mass is 388 g/mol. The average molecular weight is 389 g/mol. The third-order valence-electron chi connectivity index (χ3n) is 4.93. The maximum Gasteiger partial charge on any atom is 0.152 e. The van der Waals surface area contributed by atoms with Crippen molar-refractivity contribution in [3.05, 3.63) is 42.2 Å². The number of nitrogens with zero attached hydrogens (tertiary/aromatic N) is 3. The zero-order valence-electron chi connectivity index (χ0n) is 16.4. The quantitative estimate of drug-likeness (QED) is 0.844. The fourth-order valence-corrected chi connectivity index (χ4v) is 5.32. The maximum atomic E-state index is 11.9. The van der Waals surface area contributed by atoms with Crippen LogP contribution in [-0.2, 0) is 15.3 Å². The topological polar surface area (TPSA) is 75.2 Å². The highest BCUT2D eigenvalue weighted by molar-refractivity contribution is 7.91. The van der Waals surface area contributed by atoms with Gasteiger partial charge in [-0.3, -0.25) is 0 Å². The number of aromatic nitrogens is 2. The number of benzene rings is 1. The van der Waals surface area contributed by atoms with Crippen LogP contribution in [0.5, 0.6) is 0 Å². The van der Waals surface area contributed by atoms with Crippen LogP contribution in [0.3, 0.4) is 0 Å². The van der Waals surface area contributed by atoms with Crippen molar-refractivity contribution in [3.63, 3.8) is 0 Å². The van der Waals surface area contributed by atoms with Gasteiger partial charge in [0.2, 0.25) is 0 Å². The van der Waals surface area contributed by atoms with E-state index >= 15 is 0 Å². The van der Waals surface area contributed by atoms with Crippen LogP contribution in [0.25, 0.3) is 0 Å². The lowest BCUT2D eigenvalue weighted by Gasteiger charge is -2.28. The van der Waals surface area contributed by atoms with Crippen molar-refractivity contribution in [2.45, 2.75) is 45.6 Å². The van der Waals surface area contributed by atoms with E-state index in [4.69, 9.17) is 0 Å². The number of hydrogen-bond donors (Lipinski definition) is 1. The lowest BCUT2D eigenvalue weighted by atomic mass is 9.86. The van der Waals surface area contributed by atoms with Gasteiger partial charge >= 0.3 is 0 Å². The van der Waals surface area contributed by atoms with Crippen LogP contribution in [-0.4, -0.2) is 42.5 Å². The Morgan fingerprint density at radius 3 is 2.59 bits per heavy atom. The van der Waals surface area contributed by atoms with Gasteiger partial charge in [0.05, 0.1) is 11.5 Å². The number of para-hydroxylation sites is 1. The molecule has 1 aromatic carbocycles. The predicted molar refractivity (Wildman–Crippen MR) is 111 cm³/mol. The predicted octanol–water partition coefficient (Wildman–Crippen LogP) is 3.53. The van der Waals surface area contributed by atoms with Crippen molar-refractivity contribution in [2.24, 2.45) is 0 Å². The molecule has 7 heteroatoms. The molecule has 0 aliphatic carbocycles. The van der Waals surface area contributed by atoms with Gasteiger partial charge in [-0.15, -0.1) is 0 Å². The summed E-state index contributed by atoms with van der Waals surface area (Å²) in [5.41, 5.74) is 2.23. The van der Waals surface area contributed by atoms with E-state index in [1.165, 1.54) is 11.9 Å². The summed E-state index contributed by atoms with van der Waals surface area (Å²) >= 11 is 0. The first-order valence-electron chi connectivity index (χ1n) is 9.35. The zero-order chi connectivity index (χ0) is 19.7. The summed E-state index contributed by atoms with van der Waals surface area (Å²) in [5, 5.41) is 3.41. The van der Waals surface area contributed by atoms with Crippen molar-refractivity contribution < 1.29 is 8.42 Å². The molecule has 0 amide bonds. The summed E-state index contributed by atoms with van der Waals surface area (Å²) in [6.45, 7) is 9.26. The molecule has 2 heterocycles. The minimum Gasteiger partial charge on any atom is -0.353 e. The number of anilines is 3. The molecule has 3 rings (SSSR count). The zero-order valence-corrected chi connectivity index (χ0v) is 17.3. The minimum absolute atomic E-state index is 0.00706. The van der Waals surface area contributed by atoms with Crippen molar-refractivity contribution in [1.82, 2.24) is 9.97 Å². The van der Waals surface area contributed by atoms with Crippen LogP contribution in [0.2, 0.25) is 0 Å². The molecule has 1 fully saturated rings. The second-order valence-corrected chi connectivity index (χ2v) is 10.3. The smallest absolute Gasteiger partial charge is 0.152 e. The molecular formula is C20H28N4O2S. The summed E-state index contributed by atoms with van der Waals surface area (Å²) < 4.78 is 23.7. The molecule has 2 aromatic rings. The molecule has 0 spiro atoms. The normalized spacial score (nSPS) is 19.0. The van der Waals surface area contributed by atoms with Crippen molar-refractivity contribution in [3.8, 4) is 0 Å². The second kappa shape index (κ2) is 7.46. The van der Waals surface area contributed by atoms with Gasteiger partial charge in [0.25, 0.3) is 0 Å². The largest absolute Gasteiger partial charge is 0.353 e. The number of hydrogen-bond acceptors (Lipinski definition) is 6. The van der Waals surface area contributed by atoms with Crippen molar-refractivity contribution in [1.29, 1.82) is 0 Å². The Bertz CT molecular complexity index is 906. The third kappa shape index (κ3) is 4.58. The molecule has 1 N–H and O–H groups in total. The van der Waals surface area contributed by atoms with Crippen LogP contribution in [0.1, 0.15) is 39.7 Å². The highest BCUT2D eigenvalue weighted by Gasteiger charge is 2.32. The van der Waals surface area contributed by atoms with Crippen LogP contribution >= 0.6 is 0 Å². The summed E-state index contributed by atoms with van der Waals surface area (Å²) in [5.74, 6) is 1.91. The molecule has 1 saturated heterocycles. The fourth-order valence-electron chi connectivity index (χ4n) is 3.59. The SMILES string of the molecule is CCN(c1cc(Nc2ccccc2C(C)(C)C)ncn1)C1CCS(=O)(=O)C1. The lowest BCUT2D eigenvalue weighted by molar-refractivity contribution is 0.592. The van der Waals surface area contributed by atoms with Crippen LogP contribution in [0.15, 0.2) is 36.7 Å². The first-order valence-corrected chi connectivity index (χ1v) is 11.2. The summed E-state index contributed by atoms with van der Waals surface area (Å²) in [6, 6.07) is 10.1. The van der Waals surface area contributed by atoms with Gasteiger partial charge < -0.3 is 10.2 Å². The molecule has 146 valence electrons. The molecule has 1 aliphatic heterocycles. The van der Waals surface area contributed by atoms with Gasteiger partial charge in [0, 0.05) is 24.3 Å². The fraction of sp³-hybridized carbons (Fsp3) is 0.500. The Labute approximate surface area is 162 Å². The second-order valence-electron chi connectivity index (χ2n) is 8.02. The standard InChI is InChI=1S/C20H28N4O2S/c1-5-24(15-10-11-27(25,26)13-15)19-12-18(21-14-22-19)23-17-9-7-6-8-16(17)20(2,3)4/h6-9,12,14-15H,5,10-11,13H2,1-4H3,(H,21,22,23). The van der Waals surface area contributed by atoms with Gasteiger partial charge in [-0.1, -0.05) is 39.0 Å². The molecule has 1 atom stereocenters. The van der Waals surface area contributed by atoms with E-state index in [2.05, 4.69) is 47.0 Å². The molecule has 27 heavy (non-hydrogen) atoms. The van der Waals surface area contributed by atoms with E-state index in [0.717, 1.165) is 11.5 Å². The number of sulfone groups is 1. The van der Waals surface area contributed by atoms with Gasteiger partial charge in [-0.05, 0) is 30.4 Å². The van der Waals surface area contributed by atoms with Gasteiger partial charge in [0.1, 0.15) is 18.0 Å². The molecule has 0 bridgehead atoms. The Morgan fingerprint density at radius 1 is 1.22 bits per heavy atom. The van der Waals surface area contributed by atoms with E-state index in [9.17, 15) is 8.42 Å².